The van der Waals surface area contributed by atoms with E-state index < -0.39 is 10.0 Å². The van der Waals surface area contributed by atoms with Crippen molar-refractivity contribution >= 4 is 21.6 Å². The van der Waals surface area contributed by atoms with Crippen molar-refractivity contribution in [2.24, 2.45) is 5.92 Å². The Morgan fingerprint density at radius 3 is 2.84 bits per heavy atom. The van der Waals surface area contributed by atoms with Gasteiger partial charge in [0, 0.05) is 25.0 Å². The molecule has 2 aliphatic rings. The Kier molecular flexibility index (Phi) is 3.53. The molecule has 2 atom stereocenters. The van der Waals surface area contributed by atoms with Gasteiger partial charge in [0.2, 0.25) is 10.0 Å². The van der Waals surface area contributed by atoms with Gasteiger partial charge in [0.25, 0.3) is 0 Å². The highest BCUT2D eigenvalue weighted by Gasteiger charge is 2.41. The zero-order valence-corrected chi connectivity index (χ0v) is 12.2. The average Bonchev–Trinajstić information content (AvgIpc) is 2.86. The zero-order chi connectivity index (χ0) is 13.5. The molecule has 1 aliphatic carbocycles. The van der Waals surface area contributed by atoms with E-state index in [9.17, 15) is 8.42 Å². The van der Waals surface area contributed by atoms with Crippen LogP contribution in [0, 0.1) is 5.92 Å². The Hall–Kier alpha value is -0.650. The van der Waals surface area contributed by atoms with Gasteiger partial charge in [-0.3, -0.25) is 4.98 Å². The third kappa shape index (κ3) is 2.28. The van der Waals surface area contributed by atoms with Crippen molar-refractivity contribution in [1.29, 1.82) is 0 Å². The summed E-state index contributed by atoms with van der Waals surface area (Å²) in [5.74, 6) is 0.527. The van der Waals surface area contributed by atoms with Gasteiger partial charge in [-0.05, 0) is 37.7 Å². The van der Waals surface area contributed by atoms with Crippen LogP contribution in [0.3, 0.4) is 0 Å². The number of fused-ring (bicyclic) bond motifs is 1. The second kappa shape index (κ2) is 5.04. The highest BCUT2D eigenvalue weighted by Crippen LogP contribution is 2.40. The quantitative estimate of drug-likeness (QED) is 0.844. The average molecular weight is 301 g/mol. The lowest BCUT2D eigenvalue weighted by Gasteiger charge is -2.36. The van der Waals surface area contributed by atoms with Gasteiger partial charge in [-0.1, -0.05) is 18.0 Å². The molecule has 3 rings (SSSR count). The van der Waals surface area contributed by atoms with Crippen molar-refractivity contribution in [3.8, 4) is 0 Å². The molecular formula is C13H17ClN2O2S. The summed E-state index contributed by atoms with van der Waals surface area (Å²) >= 11 is 6.03. The van der Waals surface area contributed by atoms with Crippen LogP contribution in [-0.2, 0) is 10.0 Å². The van der Waals surface area contributed by atoms with Crippen LogP contribution in [0.2, 0.25) is 5.02 Å². The van der Waals surface area contributed by atoms with Crippen LogP contribution < -0.4 is 0 Å². The van der Waals surface area contributed by atoms with E-state index in [1.807, 2.05) is 0 Å². The molecular weight excluding hydrogens is 284 g/mol. The lowest BCUT2D eigenvalue weighted by Crippen LogP contribution is -2.46. The number of sulfonamides is 1. The minimum atomic E-state index is -3.51. The van der Waals surface area contributed by atoms with Gasteiger partial charge >= 0.3 is 0 Å². The van der Waals surface area contributed by atoms with Gasteiger partial charge < -0.3 is 0 Å². The SMILES string of the molecule is O=S(=O)(c1cnccc1Cl)N1CCCC2CCCC21. The minimum absolute atomic E-state index is 0.143. The van der Waals surface area contributed by atoms with E-state index in [0.29, 0.717) is 12.5 Å². The molecule has 1 aromatic rings. The Balaban J connectivity index is 1.98. The topological polar surface area (TPSA) is 50.3 Å². The van der Waals surface area contributed by atoms with Crippen LogP contribution in [-0.4, -0.2) is 30.3 Å². The summed E-state index contributed by atoms with van der Waals surface area (Å²) in [6.07, 6.45) is 8.21. The normalized spacial score (nSPS) is 28.3. The standard InChI is InChI=1S/C13H17ClN2O2S/c14-11-6-7-15-9-13(11)19(17,18)16-8-2-4-10-3-1-5-12(10)16/h6-7,9-10,12H,1-5,8H2. The van der Waals surface area contributed by atoms with E-state index in [1.54, 1.807) is 4.31 Å². The molecule has 4 nitrogen and oxygen atoms in total. The molecule has 6 heteroatoms. The lowest BCUT2D eigenvalue weighted by molar-refractivity contribution is 0.202. The lowest BCUT2D eigenvalue weighted by atomic mass is 9.94. The highest BCUT2D eigenvalue weighted by atomic mass is 35.5. The maximum absolute atomic E-state index is 12.8. The summed E-state index contributed by atoms with van der Waals surface area (Å²) in [7, 11) is -3.51. The molecule has 2 heterocycles. The second-order valence-electron chi connectivity index (χ2n) is 5.32. The largest absolute Gasteiger partial charge is 0.263 e. The summed E-state index contributed by atoms with van der Waals surface area (Å²) in [5, 5.41) is 0.259. The first-order chi connectivity index (χ1) is 9.10. The van der Waals surface area contributed by atoms with Crippen molar-refractivity contribution in [2.75, 3.05) is 6.54 Å². The smallest absolute Gasteiger partial charge is 0.246 e. The number of hydrogen-bond acceptors (Lipinski definition) is 3. The molecule has 1 aromatic heterocycles. The second-order valence-corrected chi connectivity index (χ2v) is 7.59. The number of rotatable bonds is 2. The number of nitrogens with zero attached hydrogens (tertiary/aromatic N) is 2. The summed E-state index contributed by atoms with van der Waals surface area (Å²) in [4.78, 5) is 4.04. The van der Waals surface area contributed by atoms with Crippen LogP contribution in [0.1, 0.15) is 32.1 Å². The molecule has 1 aliphatic heterocycles. The molecule has 0 aromatic carbocycles. The predicted octanol–water partition coefficient (Wildman–Crippen LogP) is 2.69. The number of aromatic nitrogens is 1. The monoisotopic (exact) mass is 300 g/mol. The Morgan fingerprint density at radius 1 is 1.26 bits per heavy atom. The van der Waals surface area contributed by atoms with Crippen LogP contribution in [0.15, 0.2) is 23.4 Å². The third-order valence-corrected chi connectivity index (χ3v) is 6.66. The van der Waals surface area contributed by atoms with Gasteiger partial charge in [-0.15, -0.1) is 0 Å². The van der Waals surface area contributed by atoms with Crippen LogP contribution in [0.25, 0.3) is 0 Å². The van der Waals surface area contributed by atoms with Crippen molar-refractivity contribution in [2.45, 2.75) is 43.0 Å². The zero-order valence-electron chi connectivity index (χ0n) is 10.6. The Morgan fingerprint density at radius 2 is 2.05 bits per heavy atom. The summed E-state index contributed by atoms with van der Waals surface area (Å²) in [5.41, 5.74) is 0. The van der Waals surface area contributed by atoms with Gasteiger partial charge in [0.15, 0.2) is 0 Å². The van der Waals surface area contributed by atoms with Gasteiger partial charge in [-0.25, -0.2) is 8.42 Å². The van der Waals surface area contributed by atoms with Gasteiger partial charge in [0.05, 0.1) is 5.02 Å². The number of pyridine rings is 1. The predicted molar refractivity (Wildman–Crippen MR) is 73.5 cm³/mol. The first-order valence-electron chi connectivity index (χ1n) is 6.72. The van der Waals surface area contributed by atoms with E-state index in [1.165, 1.54) is 18.5 Å². The third-order valence-electron chi connectivity index (χ3n) is 4.26. The van der Waals surface area contributed by atoms with E-state index >= 15 is 0 Å². The molecule has 0 N–H and O–H groups in total. The minimum Gasteiger partial charge on any atom is -0.263 e. The van der Waals surface area contributed by atoms with Gasteiger partial charge in [0.1, 0.15) is 4.90 Å². The molecule has 1 saturated heterocycles. The molecule has 19 heavy (non-hydrogen) atoms. The number of halogens is 1. The summed E-state index contributed by atoms with van der Waals surface area (Å²) in [6, 6.07) is 1.69. The van der Waals surface area contributed by atoms with Gasteiger partial charge in [-0.2, -0.15) is 4.31 Å². The van der Waals surface area contributed by atoms with Crippen molar-refractivity contribution in [3.63, 3.8) is 0 Å². The maximum Gasteiger partial charge on any atom is 0.246 e. The molecule has 2 fully saturated rings. The fourth-order valence-electron chi connectivity index (χ4n) is 3.39. The Labute approximate surface area is 118 Å². The van der Waals surface area contributed by atoms with Crippen molar-refractivity contribution in [1.82, 2.24) is 9.29 Å². The fourth-order valence-corrected chi connectivity index (χ4v) is 5.55. The first-order valence-corrected chi connectivity index (χ1v) is 8.54. The molecule has 0 amide bonds. The summed E-state index contributed by atoms with van der Waals surface area (Å²) < 4.78 is 27.2. The molecule has 1 saturated carbocycles. The molecule has 0 bridgehead atoms. The van der Waals surface area contributed by atoms with Crippen molar-refractivity contribution < 1.29 is 8.42 Å². The fraction of sp³-hybridized carbons (Fsp3) is 0.615. The van der Waals surface area contributed by atoms with Crippen LogP contribution >= 0.6 is 11.6 Å². The van der Waals surface area contributed by atoms with E-state index in [-0.39, 0.29) is 16.0 Å². The summed E-state index contributed by atoms with van der Waals surface area (Å²) in [6.45, 7) is 0.606. The van der Waals surface area contributed by atoms with E-state index in [0.717, 1.165) is 32.1 Å². The maximum atomic E-state index is 12.8. The Bertz CT molecular complexity index is 576. The molecule has 0 radical (unpaired) electrons. The molecule has 0 spiro atoms. The molecule has 2 unspecified atom stereocenters. The number of piperidine rings is 1. The van der Waals surface area contributed by atoms with E-state index in [2.05, 4.69) is 4.98 Å². The first kappa shape index (κ1) is 13.3. The van der Waals surface area contributed by atoms with Crippen LogP contribution in [0.5, 0.6) is 0 Å². The van der Waals surface area contributed by atoms with Crippen LogP contribution in [0.4, 0.5) is 0 Å². The highest BCUT2D eigenvalue weighted by molar-refractivity contribution is 7.89. The van der Waals surface area contributed by atoms with E-state index in [4.69, 9.17) is 11.6 Å². The number of hydrogen-bond donors (Lipinski definition) is 0. The van der Waals surface area contributed by atoms with Crippen molar-refractivity contribution in [3.05, 3.63) is 23.5 Å². The molecule has 104 valence electrons.